The van der Waals surface area contributed by atoms with E-state index >= 15 is 0 Å². The van der Waals surface area contributed by atoms with Crippen molar-refractivity contribution < 1.29 is 19.8 Å². The molecular weight excluding hydrogens is 246 g/mol. The van der Waals surface area contributed by atoms with Crippen LogP contribution in [0.3, 0.4) is 0 Å². The Hall–Kier alpha value is -1.10. The summed E-state index contributed by atoms with van der Waals surface area (Å²) in [5.74, 6) is -1.15. The van der Waals surface area contributed by atoms with Gasteiger partial charge >= 0.3 is 5.97 Å². The molecule has 5 heteroatoms. The van der Waals surface area contributed by atoms with Crippen LogP contribution in [-0.4, -0.2) is 34.2 Å². The molecule has 19 heavy (non-hydrogen) atoms. The van der Waals surface area contributed by atoms with Gasteiger partial charge in [0, 0.05) is 13.0 Å². The molecule has 0 aromatic rings. The number of rotatable bonds is 7. The maximum atomic E-state index is 11.9. The predicted octanol–water partition coefficient (Wildman–Crippen LogP) is 1.69. The van der Waals surface area contributed by atoms with Gasteiger partial charge in [0.25, 0.3) is 0 Å². The lowest BCUT2D eigenvalue weighted by atomic mass is 9.82. The molecule has 0 spiro atoms. The lowest BCUT2D eigenvalue weighted by molar-refractivity contribution is -0.151. The number of nitrogens with one attached hydrogen (secondary N) is 1. The topological polar surface area (TPSA) is 86.6 Å². The molecule has 0 unspecified atom stereocenters. The zero-order chi connectivity index (χ0) is 14.5. The van der Waals surface area contributed by atoms with E-state index in [1.54, 1.807) is 0 Å². The zero-order valence-electron chi connectivity index (χ0n) is 11.9. The van der Waals surface area contributed by atoms with Gasteiger partial charge in [-0.2, -0.15) is 0 Å². The van der Waals surface area contributed by atoms with Crippen molar-refractivity contribution in [2.24, 2.45) is 5.41 Å². The number of hydrogen-bond donors (Lipinski definition) is 3. The molecule has 0 aromatic heterocycles. The highest BCUT2D eigenvalue weighted by Crippen LogP contribution is 2.41. The fourth-order valence-electron chi connectivity index (χ4n) is 2.65. The number of amides is 1. The van der Waals surface area contributed by atoms with Crippen LogP contribution in [0, 0.1) is 5.41 Å². The average Bonchev–Trinajstić information content (AvgIpc) is 2.86. The van der Waals surface area contributed by atoms with Crippen molar-refractivity contribution in [3.63, 3.8) is 0 Å². The van der Waals surface area contributed by atoms with Crippen molar-refractivity contribution in [1.29, 1.82) is 0 Å². The molecule has 0 aromatic carbocycles. The Bertz CT molecular complexity index is 330. The van der Waals surface area contributed by atoms with Gasteiger partial charge in [0.2, 0.25) is 5.91 Å². The van der Waals surface area contributed by atoms with E-state index in [4.69, 9.17) is 0 Å². The number of carboxylic acid groups (broad SMARTS) is 1. The molecule has 3 N–H and O–H groups in total. The van der Waals surface area contributed by atoms with Gasteiger partial charge in [-0.05, 0) is 25.7 Å². The molecule has 1 aliphatic rings. The monoisotopic (exact) mass is 271 g/mol. The molecule has 0 radical (unpaired) electrons. The van der Waals surface area contributed by atoms with Crippen LogP contribution in [0.1, 0.15) is 58.8 Å². The standard InChI is InChI=1S/C14H25NO4/c1-3-14(19,4-2)10-15-11(16)9-13(12(17)18)7-5-6-8-13/h19H,3-10H2,1-2H3,(H,15,16)(H,17,18). The van der Waals surface area contributed by atoms with Gasteiger partial charge in [-0.15, -0.1) is 0 Å². The number of carboxylic acids is 1. The largest absolute Gasteiger partial charge is 0.481 e. The highest BCUT2D eigenvalue weighted by Gasteiger charge is 2.43. The third kappa shape index (κ3) is 3.93. The molecule has 1 saturated carbocycles. The van der Waals surface area contributed by atoms with Gasteiger partial charge in [-0.1, -0.05) is 26.7 Å². The maximum Gasteiger partial charge on any atom is 0.310 e. The second kappa shape index (κ2) is 6.37. The smallest absolute Gasteiger partial charge is 0.310 e. The normalized spacial score (nSPS) is 18.3. The second-order valence-corrected chi connectivity index (χ2v) is 5.68. The molecule has 0 atom stereocenters. The van der Waals surface area contributed by atoms with Crippen molar-refractivity contribution in [3.8, 4) is 0 Å². The minimum absolute atomic E-state index is 0.0197. The van der Waals surface area contributed by atoms with Gasteiger partial charge < -0.3 is 15.5 Å². The van der Waals surface area contributed by atoms with Crippen LogP contribution >= 0.6 is 0 Å². The molecule has 0 aliphatic heterocycles. The Balaban J connectivity index is 2.53. The average molecular weight is 271 g/mol. The van der Waals surface area contributed by atoms with E-state index < -0.39 is 17.0 Å². The summed E-state index contributed by atoms with van der Waals surface area (Å²) < 4.78 is 0. The van der Waals surface area contributed by atoms with Crippen molar-refractivity contribution in [3.05, 3.63) is 0 Å². The molecule has 0 heterocycles. The maximum absolute atomic E-state index is 11.9. The highest BCUT2D eigenvalue weighted by atomic mass is 16.4. The van der Waals surface area contributed by atoms with Crippen LogP contribution in [0.4, 0.5) is 0 Å². The van der Waals surface area contributed by atoms with E-state index in [-0.39, 0.29) is 18.9 Å². The van der Waals surface area contributed by atoms with Crippen molar-refractivity contribution in [2.75, 3.05) is 6.54 Å². The summed E-state index contributed by atoms with van der Waals surface area (Å²) in [5.41, 5.74) is -1.78. The van der Waals surface area contributed by atoms with Crippen molar-refractivity contribution in [1.82, 2.24) is 5.32 Å². The minimum atomic E-state index is -0.888. The van der Waals surface area contributed by atoms with Crippen LogP contribution in [0.25, 0.3) is 0 Å². The van der Waals surface area contributed by atoms with Gasteiger partial charge in [-0.25, -0.2) is 0 Å². The van der Waals surface area contributed by atoms with Crippen molar-refractivity contribution >= 4 is 11.9 Å². The molecule has 110 valence electrons. The second-order valence-electron chi connectivity index (χ2n) is 5.68. The Kier molecular flexibility index (Phi) is 5.35. The van der Waals surface area contributed by atoms with Crippen molar-refractivity contribution in [2.45, 2.75) is 64.4 Å². The third-order valence-electron chi connectivity index (χ3n) is 4.44. The first-order valence-electron chi connectivity index (χ1n) is 7.10. The van der Waals surface area contributed by atoms with Crippen LogP contribution in [-0.2, 0) is 9.59 Å². The molecular formula is C14H25NO4. The quantitative estimate of drug-likeness (QED) is 0.657. The highest BCUT2D eigenvalue weighted by molar-refractivity contribution is 5.85. The van der Waals surface area contributed by atoms with Gasteiger partial charge in [-0.3, -0.25) is 9.59 Å². The fraction of sp³-hybridized carbons (Fsp3) is 0.857. The Morgan fingerprint density at radius 3 is 2.16 bits per heavy atom. The van der Waals surface area contributed by atoms with Gasteiger partial charge in [0.1, 0.15) is 0 Å². The summed E-state index contributed by atoms with van der Waals surface area (Å²) in [5, 5.41) is 22.1. The predicted molar refractivity (Wildman–Crippen MR) is 71.7 cm³/mol. The Morgan fingerprint density at radius 1 is 1.21 bits per heavy atom. The first-order chi connectivity index (χ1) is 8.87. The lowest BCUT2D eigenvalue weighted by Crippen LogP contribution is -2.44. The molecule has 1 amide bonds. The van der Waals surface area contributed by atoms with E-state index in [2.05, 4.69) is 5.32 Å². The van der Waals surface area contributed by atoms with Gasteiger partial charge in [0.15, 0.2) is 0 Å². The summed E-state index contributed by atoms with van der Waals surface area (Å²) in [6.07, 6.45) is 4.03. The van der Waals surface area contributed by atoms with Crippen LogP contribution in [0.5, 0.6) is 0 Å². The minimum Gasteiger partial charge on any atom is -0.481 e. The first-order valence-corrected chi connectivity index (χ1v) is 7.10. The number of aliphatic carboxylic acids is 1. The SMILES string of the molecule is CCC(O)(CC)CNC(=O)CC1(C(=O)O)CCCC1. The van der Waals surface area contributed by atoms with Crippen LogP contribution < -0.4 is 5.32 Å². The molecule has 1 aliphatic carbocycles. The lowest BCUT2D eigenvalue weighted by Gasteiger charge is -2.27. The molecule has 1 rings (SSSR count). The summed E-state index contributed by atoms with van der Waals surface area (Å²) in [7, 11) is 0. The van der Waals surface area contributed by atoms with E-state index in [9.17, 15) is 19.8 Å². The first kappa shape index (κ1) is 16.0. The van der Waals surface area contributed by atoms with Crippen LogP contribution in [0.2, 0.25) is 0 Å². The van der Waals surface area contributed by atoms with Gasteiger partial charge in [0.05, 0.1) is 11.0 Å². The Morgan fingerprint density at radius 2 is 1.74 bits per heavy atom. The zero-order valence-corrected chi connectivity index (χ0v) is 11.9. The molecule has 0 bridgehead atoms. The number of hydrogen-bond acceptors (Lipinski definition) is 3. The van der Waals surface area contributed by atoms with Crippen LogP contribution in [0.15, 0.2) is 0 Å². The van der Waals surface area contributed by atoms with E-state index in [1.807, 2.05) is 13.8 Å². The number of aliphatic hydroxyl groups is 1. The Labute approximate surface area is 114 Å². The summed E-state index contributed by atoms with van der Waals surface area (Å²) in [6.45, 7) is 3.92. The fourth-order valence-corrected chi connectivity index (χ4v) is 2.65. The molecule has 0 saturated heterocycles. The van der Waals surface area contributed by atoms with E-state index in [1.165, 1.54) is 0 Å². The van der Waals surface area contributed by atoms with E-state index in [0.717, 1.165) is 12.8 Å². The molecule has 1 fully saturated rings. The summed E-state index contributed by atoms with van der Waals surface area (Å²) in [6, 6.07) is 0. The number of carbonyl (C=O) groups excluding carboxylic acids is 1. The summed E-state index contributed by atoms with van der Waals surface area (Å²) in [4.78, 5) is 23.2. The number of carbonyl (C=O) groups is 2. The molecule has 5 nitrogen and oxygen atoms in total. The van der Waals surface area contributed by atoms with E-state index in [0.29, 0.717) is 25.7 Å². The summed E-state index contributed by atoms with van der Waals surface area (Å²) >= 11 is 0. The third-order valence-corrected chi connectivity index (χ3v) is 4.44.